The van der Waals surface area contributed by atoms with Crippen LogP contribution in [0.5, 0.6) is 11.5 Å². The first kappa shape index (κ1) is 21.1. The molecule has 162 valence electrons. The molecule has 0 bridgehead atoms. The molecule has 1 N–H and O–H groups in total. The Bertz CT molecular complexity index is 1270. The highest BCUT2D eigenvalue weighted by Crippen LogP contribution is 2.43. The van der Waals surface area contributed by atoms with Crippen molar-refractivity contribution in [1.29, 1.82) is 0 Å². The fourth-order valence-electron chi connectivity index (χ4n) is 3.60. The van der Waals surface area contributed by atoms with Gasteiger partial charge in [0.25, 0.3) is 0 Å². The molecule has 0 aliphatic carbocycles. The molecule has 32 heavy (non-hydrogen) atoms. The lowest BCUT2D eigenvalue weighted by Crippen LogP contribution is -2.29. The van der Waals surface area contributed by atoms with Crippen LogP contribution in [0.1, 0.15) is 0 Å². The van der Waals surface area contributed by atoms with Crippen molar-refractivity contribution in [3.63, 3.8) is 0 Å². The molecule has 1 aromatic carbocycles. The number of ether oxygens (including phenoxy) is 2. The summed E-state index contributed by atoms with van der Waals surface area (Å²) in [6.07, 6.45) is 6.46. The van der Waals surface area contributed by atoms with Crippen molar-refractivity contribution in [2.45, 2.75) is 0 Å². The van der Waals surface area contributed by atoms with Gasteiger partial charge in [-0.05, 0) is 30.3 Å². The number of nitrogens with one attached hydrogen (secondary N) is 1. The van der Waals surface area contributed by atoms with Gasteiger partial charge in [-0.25, -0.2) is 0 Å². The molecule has 0 spiro atoms. The molecular formula is C25H24N4O3. The zero-order valence-electron chi connectivity index (χ0n) is 18.0. The molecule has 0 saturated heterocycles. The molecule has 4 rings (SSSR count). The van der Waals surface area contributed by atoms with Gasteiger partial charge in [-0.1, -0.05) is 24.8 Å². The number of benzene rings is 1. The van der Waals surface area contributed by atoms with Crippen LogP contribution in [0.3, 0.4) is 0 Å². The summed E-state index contributed by atoms with van der Waals surface area (Å²) >= 11 is 0. The number of para-hydroxylation sites is 1. The van der Waals surface area contributed by atoms with Crippen LogP contribution in [-0.2, 0) is 4.79 Å². The van der Waals surface area contributed by atoms with Crippen molar-refractivity contribution < 1.29 is 14.3 Å². The first-order valence-electron chi connectivity index (χ1n) is 10.2. The van der Waals surface area contributed by atoms with Crippen LogP contribution in [0.25, 0.3) is 33.4 Å². The summed E-state index contributed by atoms with van der Waals surface area (Å²) in [5.74, 6) is 1.20. The van der Waals surface area contributed by atoms with Gasteiger partial charge in [0.1, 0.15) is 18.1 Å². The molecule has 0 aliphatic rings. The first-order valence-corrected chi connectivity index (χ1v) is 10.2. The van der Waals surface area contributed by atoms with E-state index in [0.717, 1.165) is 39.2 Å². The van der Waals surface area contributed by atoms with E-state index in [4.69, 9.17) is 9.47 Å². The molecule has 0 atom stereocenters. The van der Waals surface area contributed by atoms with E-state index in [0.29, 0.717) is 18.9 Å². The van der Waals surface area contributed by atoms with E-state index in [-0.39, 0.29) is 5.91 Å². The maximum atomic E-state index is 11.7. The second-order valence-corrected chi connectivity index (χ2v) is 7.16. The summed E-state index contributed by atoms with van der Waals surface area (Å²) in [6, 6.07) is 13.6. The maximum absolute atomic E-state index is 11.7. The van der Waals surface area contributed by atoms with Crippen molar-refractivity contribution in [1.82, 2.24) is 19.9 Å². The molecule has 3 heterocycles. The Hall–Kier alpha value is -4.13. The molecule has 3 aromatic heterocycles. The van der Waals surface area contributed by atoms with Crippen LogP contribution in [0.15, 0.2) is 73.7 Å². The van der Waals surface area contributed by atoms with Gasteiger partial charge in [-0.2, -0.15) is 0 Å². The molecule has 4 aromatic rings. The SMILES string of the molecule is C=CC(=O)N(C)CCOc1cnccc1-c1[nH]c2cccnc2c1-c1ccccc1OC. The molecule has 7 heteroatoms. The highest BCUT2D eigenvalue weighted by Gasteiger charge is 2.21. The predicted octanol–water partition coefficient (Wildman–Crippen LogP) is 4.32. The van der Waals surface area contributed by atoms with Gasteiger partial charge in [-0.3, -0.25) is 14.8 Å². The number of carbonyl (C=O) groups is 1. The average Bonchev–Trinajstić information content (AvgIpc) is 3.22. The number of rotatable bonds is 8. The molecule has 0 radical (unpaired) electrons. The Morgan fingerprint density at radius 2 is 1.97 bits per heavy atom. The fraction of sp³-hybridized carbons (Fsp3) is 0.160. The van der Waals surface area contributed by atoms with E-state index >= 15 is 0 Å². The normalized spacial score (nSPS) is 10.7. The summed E-state index contributed by atoms with van der Waals surface area (Å²) in [5.41, 5.74) is 5.29. The van der Waals surface area contributed by atoms with Gasteiger partial charge in [-0.15, -0.1) is 0 Å². The molecule has 7 nitrogen and oxygen atoms in total. The van der Waals surface area contributed by atoms with E-state index in [2.05, 4.69) is 21.5 Å². The van der Waals surface area contributed by atoms with E-state index < -0.39 is 0 Å². The van der Waals surface area contributed by atoms with Crippen LogP contribution in [0.4, 0.5) is 0 Å². The second kappa shape index (κ2) is 9.34. The highest BCUT2D eigenvalue weighted by molar-refractivity contribution is 6.03. The predicted molar refractivity (Wildman–Crippen MR) is 125 cm³/mol. The minimum Gasteiger partial charge on any atom is -0.496 e. The summed E-state index contributed by atoms with van der Waals surface area (Å²) in [5, 5.41) is 0. The number of amides is 1. The smallest absolute Gasteiger partial charge is 0.245 e. The summed E-state index contributed by atoms with van der Waals surface area (Å²) < 4.78 is 11.7. The minimum atomic E-state index is -0.153. The lowest BCUT2D eigenvalue weighted by Gasteiger charge is -2.17. The van der Waals surface area contributed by atoms with Gasteiger partial charge in [0.05, 0.1) is 36.6 Å². The molecule has 0 fully saturated rings. The molecule has 0 unspecified atom stereocenters. The van der Waals surface area contributed by atoms with Gasteiger partial charge >= 0.3 is 0 Å². The van der Waals surface area contributed by atoms with E-state index in [1.807, 2.05) is 42.5 Å². The van der Waals surface area contributed by atoms with E-state index in [9.17, 15) is 4.79 Å². The third-order valence-electron chi connectivity index (χ3n) is 5.22. The summed E-state index contributed by atoms with van der Waals surface area (Å²) in [4.78, 5) is 25.6. The van der Waals surface area contributed by atoms with E-state index in [1.165, 1.54) is 6.08 Å². The molecule has 0 aliphatic heterocycles. The lowest BCUT2D eigenvalue weighted by atomic mass is 9.99. The number of carbonyl (C=O) groups excluding carboxylic acids is 1. The number of pyridine rings is 2. The van der Waals surface area contributed by atoms with Gasteiger partial charge < -0.3 is 19.4 Å². The van der Waals surface area contributed by atoms with Crippen LogP contribution in [0.2, 0.25) is 0 Å². The second-order valence-electron chi connectivity index (χ2n) is 7.16. The molecule has 0 saturated carbocycles. The summed E-state index contributed by atoms with van der Waals surface area (Å²) in [6.45, 7) is 4.25. The fourth-order valence-corrected chi connectivity index (χ4v) is 3.60. The first-order chi connectivity index (χ1) is 15.6. The quantitative estimate of drug-likeness (QED) is 0.423. The van der Waals surface area contributed by atoms with Crippen molar-refractivity contribution >= 4 is 16.9 Å². The number of aromatic nitrogens is 3. The topological polar surface area (TPSA) is 80.3 Å². The lowest BCUT2D eigenvalue weighted by molar-refractivity contribution is -0.125. The Morgan fingerprint density at radius 1 is 1.12 bits per heavy atom. The maximum Gasteiger partial charge on any atom is 0.245 e. The number of fused-ring (bicyclic) bond motifs is 1. The number of likely N-dealkylation sites (N-methyl/N-ethyl adjacent to an activating group) is 1. The van der Waals surface area contributed by atoms with Crippen molar-refractivity contribution in [3.8, 4) is 33.9 Å². The van der Waals surface area contributed by atoms with Crippen LogP contribution >= 0.6 is 0 Å². The van der Waals surface area contributed by atoms with Gasteiger partial charge in [0.15, 0.2) is 0 Å². The van der Waals surface area contributed by atoms with Crippen molar-refractivity contribution in [2.24, 2.45) is 0 Å². The Kier molecular flexibility index (Phi) is 6.17. The number of nitrogens with zero attached hydrogens (tertiary/aromatic N) is 3. The number of hydrogen-bond donors (Lipinski definition) is 1. The largest absolute Gasteiger partial charge is 0.496 e. The average molecular weight is 428 g/mol. The van der Waals surface area contributed by atoms with Gasteiger partial charge in [0.2, 0.25) is 5.91 Å². The minimum absolute atomic E-state index is 0.153. The highest BCUT2D eigenvalue weighted by atomic mass is 16.5. The van der Waals surface area contributed by atoms with Crippen LogP contribution in [0, 0.1) is 0 Å². The molecule has 1 amide bonds. The number of H-pyrrole nitrogens is 1. The zero-order chi connectivity index (χ0) is 22.5. The number of hydrogen-bond acceptors (Lipinski definition) is 5. The monoisotopic (exact) mass is 428 g/mol. The molecular weight excluding hydrogens is 404 g/mol. The number of aromatic amines is 1. The zero-order valence-corrected chi connectivity index (χ0v) is 18.0. The Balaban J connectivity index is 1.78. The summed E-state index contributed by atoms with van der Waals surface area (Å²) in [7, 11) is 3.36. The van der Waals surface area contributed by atoms with Crippen LogP contribution in [-0.4, -0.2) is 53.1 Å². The van der Waals surface area contributed by atoms with Crippen molar-refractivity contribution in [3.05, 3.63) is 73.7 Å². The van der Waals surface area contributed by atoms with Crippen LogP contribution < -0.4 is 9.47 Å². The third-order valence-corrected chi connectivity index (χ3v) is 5.22. The van der Waals surface area contributed by atoms with Gasteiger partial charge in [0, 0.05) is 36.1 Å². The third kappa shape index (κ3) is 4.05. The van der Waals surface area contributed by atoms with E-state index in [1.54, 1.807) is 37.6 Å². The number of methoxy groups -OCH3 is 1. The Morgan fingerprint density at radius 3 is 2.78 bits per heavy atom. The standard InChI is InChI=1S/C25H24N4O3/c1-4-22(30)29(2)14-15-32-21-16-26-13-11-18(21)24-23(17-8-5-6-10-20(17)31-3)25-19(28-24)9-7-12-27-25/h4-13,16,28H,1,14-15H2,2-3H3. The Labute approximate surface area is 186 Å². The van der Waals surface area contributed by atoms with Crippen molar-refractivity contribution in [2.75, 3.05) is 27.3 Å².